The fourth-order valence-electron chi connectivity index (χ4n) is 0.840. The highest BCUT2D eigenvalue weighted by molar-refractivity contribution is 5.30. The van der Waals surface area contributed by atoms with E-state index in [1.165, 1.54) is 0 Å². The molecule has 0 aliphatic carbocycles. The van der Waals surface area contributed by atoms with Crippen molar-refractivity contribution in [1.82, 2.24) is 0 Å². The summed E-state index contributed by atoms with van der Waals surface area (Å²) in [6.45, 7) is 4.10. The van der Waals surface area contributed by atoms with Gasteiger partial charge in [-0.05, 0) is 37.6 Å². The highest BCUT2D eigenvalue weighted by atomic mass is 16.5. The van der Waals surface area contributed by atoms with Crippen molar-refractivity contribution in [3.63, 3.8) is 0 Å². The van der Waals surface area contributed by atoms with Crippen molar-refractivity contribution in [2.24, 2.45) is 0 Å². The molecular formula is C10H14O2. The molecule has 0 aliphatic rings. The predicted molar refractivity (Wildman–Crippen MR) is 48.5 cm³/mol. The predicted octanol–water partition coefficient (Wildman–Crippen LogP) is 2.57. The second-order valence-electron chi connectivity index (χ2n) is 2.83. The summed E-state index contributed by atoms with van der Waals surface area (Å²) in [6.07, 6.45) is 1.22. The largest absolute Gasteiger partial charge is 0.508 e. The highest BCUT2D eigenvalue weighted by Crippen LogP contribution is 2.17. The number of rotatable bonds is 3. The fourth-order valence-corrected chi connectivity index (χ4v) is 0.840. The summed E-state index contributed by atoms with van der Waals surface area (Å²) in [5.74, 6) is 1.08. The number of phenolic OH excluding ortho intramolecular Hbond substituents is 1. The Bertz CT molecular complexity index is 228. The maximum absolute atomic E-state index is 8.99. The van der Waals surface area contributed by atoms with Gasteiger partial charge < -0.3 is 9.84 Å². The van der Waals surface area contributed by atoms with Gasteiger partial charge in [0.2, 0.25) is 0 Å². The monoisotopic (exact) mass is 166 g/mol. The van der Waals surface area contributed by atoms with Crippen LogP contribution in [0.2, 0.25) is 0 Å². The highest BCUT2D eigenvalue weighted by Gasteiger charge is 1.99. The summed E-state index contributed by atoms with van der Waals surface area (Å²) in [6, 6.07) is 6.78. The first-order valence-corrected chi connectivity index (χ1v) is 4.18. The molecule has 12 heavy (non-hydrogen) atoms. The number of phenols is 1. The molecule has 0 aliphatic heterocycles. The van der Waals surface area contributed by atoms with Crippen LogP contribution < -0.4 is 4.74 Å². The summed E-state index contributed by atoms with van der Waals surface area (Å²) < 4.78 is 5.51. The molecule has 1 aromatic carbocycles. The molecular weight excluding hydrogens is 152 g/mol. The molecule has 2 nitrogen and oxygen atoms in total. The number of ether oxygens (including phenoxy) is 1. The van der Waals surface area contributed by atoms with Crippen LogP contribution in [0.4, 0.5) is 0 Å². The maximum atomic E-state index is 8.99. The minimum atomic E-state index is 0.231. The average Bonchev–Trinajstić information content (AvgIpc) is 2.09. The molecule has 0 saturated heterocycles. The van der Waals surface area contributed by atoms with Crippen LogP contribution in [0.1, 0.15) is 20.3 Å². The van der Waals surface area contributed by atoms with Crippen LogP contribution in [0.25, 0.3) is 0 Å². The van der Waals surface area contributed by atoms with Gasteiger partial charge in [-0.3, -0.25) is 0 Å². The Morgan fingerprint density at radius 3 is 2.42 bits per heavy atom. The number of hydrogen-bond donors (Lipinski definition) is 1. The Balaban J connectivity index is 2.58. The van der Waals surface area contributed by atoms with Crippen molar-refractivity contribution in [1.29, 1.82) is 0 Å². The molecule has 2 heteroatoms. The maximum Gasteiger partial charge on any atom is 0.119 e. The van der Waals surface area contributed by atoms with Gasteiger partial charge in [0.1, 0.15) is 11.5 Å². The minimum absolute atomic E-state index is 0.231. The summed E-state index contributed by atoms with van der Waals surface area (Å²) in [5, 5.41) is 8.99. The molecule has 0 radical (unpaired) electrons. The molecule has 1 N–H and O–H groups in total. The zero-order valence-electron chi connectivity index (χ0n) is 7.45. The van der Waals surface area contributed by atoms with Gasteiger partial charge in [0.15, 0.2) is 0 Å². The average molecular weight is 166 g/mol. The van der Waals surface area contributed by atoms with E-state index in [-0.39, 0.29) is 11.9 Å². The molecule has 1 atom stereocenters. The Kier molecular flexibility index (Phi) is 2.97. The van der Waals surface area contributed by atoms with E-state index < -0.39 is 0 Å². The zero-order chi connectivity index (χ0) is 8.97. The van der Waals surface area contributed by atoms with Gasteiger partial charge in [0, 0.05) is 0 Å². The first-order valence-electron chi connectivity index (χ1n) is 4.18. The standard InChI is InChI=1S/C10H14O2/c1-3-8(2)12-10-6-4-9(11)5-7-10/h4-8,11H,3H2,1-2H3. The van der Waals surface area contributed by atoms with Gasteiger partial charge in [-0.1, -0.05) is 6.92 Å². The number of benzene rings is 1. The second-order valence-corrected chi connectivity index (χ2v) is 2.83. The van der Waals surface area contributed by atoms with Crippen LogP contribution in [0.5, 0.6) is 11.5 Å². The van der Waals surface area contributed by atoms with E-state index in [1.54, 1.807) is 24.3 Å². The van der Waals surface area contributed by atoms with Crippen LogP contribution in [-0.4, -0.2) is 11.2 Å². The topological polar surface area (TPSA) is 29.5 Å². The van der Waals surface area contributed by atoms with Crippen molar-refractivity contribution in [2.75, 3.05) is 0 Å². The third-order valence-corrected chi connectivity index (χ3v) is 1.75. The molecule has 0 bridgehead atoms. The van der Waals surface area contributed by atoms with Gasteiger partial charge >= 0.3 is 0 Å². The van der Waals surface area contributed by atoms with Gasteiger partial charge in [-0.2, -0.15) is 0 Å². The van der Waals surface area contributed by atoms with Crippen molar-refractivity contribution in [3.05, 3.63) is 24.3 Å². The summed E-state index contributed by atoms with van der Waals surface area (Å²) in [4.78, 5) is 0. The van der Waals surface area contributed by atoms with Gasteiger partial charge in [0.25, 0.3) is 0 Å². The van der Waals surface area contributed by atoms with Crippen LogP contribution in [-0.2, 0) is 0 Å². The Morgan fingerprint density at radius 2 is 1.92 bits per heavy atom. The van der Waals surface area contributed by atoms with Gasteiger partial charge in [-0.15, -0.1) is 0 Å². The van der Waals surface area contributed by atoms with Crippen molar-refractivity contribution >= 4 is 0 Å². The zero-order valence-corrected chi connectivity index (χ0v) is 7.45. The van der Waals surface area contributed by atoms with E-state index >= 15 is 0 Å². The quantitative estimate of drug-likeness (QED) is 0.747. The Hall–Kier alpha value is -1.18. The van der Waals surface area contributed by atoms with Crippen LogP contribution in [0.15, 0.2) is 24.3 Å². The third kappa shape index (κ3) is 2.46. The number of aromatic hydroxyl groups is 1. The van der Waals surface area contributed by atoms with Crippen molar-refractivity contribution in [3.8, 4) is 11.5 Å². The molecule has 0 amide bonds. The van der Waals surface area contributed by atoms with Crippen molar-refractivity contribution in [2.45, 2.75) is 26.4 Å². The van der Waals surface area contributed by atoms with Crippen LogP contribution >= 0.6 is 0 Å². The lowest BCUT2D eigenvalue weighted by Gasteiger charge is -2.11. The molecule has 1 rings (SSSR count). The molecule has 1 unspecified atom stereocenters. The van der Waals surface area contributed by atoms with E-state index in [1.807, 2.05) is 6.92 Å². The van der Waals surface area contributed by atoms with E-state index in [2.05, 4.69) is 6.92 Å². The first kappa shape index (κ1) is 8.91. The number of hydrogen-bond acceptors (Lipinski definition) is 2. The van der Waals surface area contributed by atoms with Crippen LogP contribution in [0.3, 0.4) is 0 Å². The van der Waals surface area contributed by atoms with Gasteiger partial charge in [0.05, 0.1) is 6.10 Å². The smallest absolute Gasteiger partial charge is 0.119 e. The van der Waals surface area contributed by atoms with E-state index in [0.717, 1.165) is 12.2 Å². The Labute approximate surface area is 72.8 Å². The summed E-state index contributed by atoms with van der Waals surface area (Å²) in [7, 11) is 0. The van der Waals surface area contributed by atoms with E-state index in [9.17, 15) is 0 Å². The van der Waals surface area contributed by atoms with E-state index in [0.29, 0.717) is 0 Å². The summed E-state index contributed by atoms with van der Waals surface area (Å²) >= 11 is 0. The van der Waals surface area contributed by atoms with Crippen LogP contribution in [0, 0.1) is 0 Å². The molecule has 0 fully saturated rings. The molecule has 0 saturated carbocycles. The molecule has 1 aromatic rings. The lowest BCUT2D eigenvalue weighted by atomic mass is 10.3. The SMILES string of the molecule is CCC(C)Oc1ccc(O)cc1. The Morgan fingerprint density at radius 1 is 1.33 bits per heavy atom. The van der Waals surface area contributed by atoms with E-state index in [4.69, 9.17) is 9.84 Å². The summed E-state index contributed by atoms with van der Waals surface area (Å²) in [5.41, 5.74) is 0. The normalized spacial score (nSPS) is 12.5. The van der Waals surface area contributed by atoms with Crippen molar-refractivity contribution < 1.29 is 9.84 Å². The van der Waals surface area contributed by atoms with Gasteiger partial charge in [-0.25, -0.2) is 0 Å². The molecule has 0 spiro atoms. The second kappa shape index (κ2) is 4.00. The molecule has 0 aromatic heterocycles. The molecule has 0 heterocycles. The third-order valence-electron chi connectivity index (χ3n) is 1.75. The minimum Gasteiger partial charge on any atom is -0.508 e. The lowest BCUT2D eigenvalue weighted by Crippen LogP contribution is -2.09. The first-order chi connectivity index (χ1) is 5.72. The lowest BCUT2D eigenvalue weighted by molar-refractivity contribution is 0.217. The molecule has 66 valence electrons. The fraction of sp³-hybridized carbons (Fsp3) is 0.400.